The van der Waals surface area contributed by atoms with Gasteiger partial charge in [-0.05, 0) is 50.0 Å². The van der Waals surface area contributed by atoms with Gasteiger partial charge < -0.3 is 51.4 Å². The maximum absolute atomic E-state index is 14.0. The molecule has 3 rings (SSSR count). The van der Waals surface area contributed by atoms with Crippen molar-refractivity contribution in [2.75, 3.05) is 19.8 Å². The third-order valence-corrected chi connectivity index (χ3v) is 10.5. The van der Waals surface area contributed by atoms with E-state index in [2.05, 4.69) is 42.9 Å². The number of likely N-dealkylation sites (tertiary alicyclic amines) is 1. The van der Waals surface area contributed by atoms with Crippen LogP contribution in [0.4, 0.5) is 0 Å². The monoisotopic (exact) mass is 848 g/mol. The lowest BCUT2D eigenvalue weighted by atomic mass is 10.0. The molecule has 1 saturated heterocycles. The highest BCUT2D eigenvalue weighted by molar-refractivity contribution is 7.46. The van der Waals surface area contributed by atoms with Crippen molar-refractivity contribution in [3.8, 4) is 0 Å². The number of phosphoric acid groups is 1. The van der Waals surface area contributed by atoms with E-state index >= 15 is 0 Å². The number of aliphatic hydroxyl groups excluding tert-OH is 1. The fourth-order valence-corrected chi connectivity index (χ4v) is 7.21. The van der Waals surface area contributed by atoms with Gasteiger partial charge in [0.2, 0.25) is 35.4 Å². The van der Waals surface area contributed by atoms with Crippen LogP contribution >= 0.6 is 7.82 Å². The zero-order valence-corrected chi connectivity index (χ0v) is 35.0. The number of imidazole rings is 1. The van der Waals surface area contributed by atoms with Gasteiger partial charge in [0.1, 0.15) is 30.2 Å². The minimum absolute atomic E-state index is 0.0775. The molecule has 59 heavy (non-hydrogen) atoms. The first kappa shape index (κ1) is 48.7. The second-order valence-electron chi connectivity index (χ2n) is 15.3. The Labute approximate surface area is 344 Å². The number of nitrogens with two attached hydrogens (primary N) is 1. The number of aromatic nitrogens is 2. The number of phosphoric ester groups is 1. The molecule has 0 unspecified atom stereocenters. The maximum atomic E-state index is 14.0. The molecular formula is C39H61N8O11P. The Kier molecular flexibility index (Phi) is 20.1. The van der Waals surface area contributed by atoms with Gasteiger partial charge in [0.15, 0.2) is 0 Å². The van der Waals surface area contributed by atoms with E-state index in [1.165, 1.54) is 17.4 Å². The summed E-state index contributed by atoms with van der Waals surface area (Å²) in [5.41, 5.74) is 7.16. The van der Waals surface area contributed by atoms with Gasteiger partial charge in [-0.1, -0.05) is 69.9 Å². The van der Waals surface area contributed by atoms with Gasteiger partial charge in [-0.15, -0.1) is 0 Å². The van der Waals surface area contributed by atoms with Gasteiger partial charge in [-0.2, -0.15) is 0 Å². The van der Waals surface area contributed by atoms with Crippen LogP contribution in [0.2, 0.25) is 0 Å². The number of amides is 6. The predicted molar refractivity (Wildman–Crippen MR) is 216 cm³/mol. The predicted octanol–water partition coefficient (Wildman–Crippen LogP) is 0.592. The molecule has 9 N–H and O–H groups in total. The van der Waals surface area contributed by atoms with Gasteiger partial charge in [-0.25, -0.2) is 9.55 Å². The largest absolute Gasteiger partial charge is 0.469 e. The fourth-order valence-electron chi connectivity index (χ4n) is 6.87. The zero-order chi connectivity index (χ0) is 43.5. The van der Waals surface area contributed by atoms with Crippen molar-refractivity contribution in [2.24, 2.45) is 11.7 Å². The normalized spacial score (nSPS) is 16.2. The number of nitrogens with zero attached hydrogens (tertiary/aromatic N) is 3. The van der Waals surface area contributed by atoms with Crippen molar-refractivity contribution in [2.45, 2.75) is 128 Å². The van der Waals surface area contributed by atoms with E-state index in [4.69, 9.17) is 15.5 Å². The number of unbranched alkanes of at least 4 members (excludes halogenated alkanes) is 5. The standard InChI is InChI=1S/C39H61N8O11P/c1-26(2)20-30(43-39(54)34-17-13-19-47(34)27(3)49)36(51)42-31(37(52)44-32(23-48)38(53)45-33(35(40)50)24-58-59(55,56)57)21-29-22-41-25-46(29)18-12-7-5-4-6-9-14-28-15-10-8-11-16-28/h8,10-11,15-16,22,25-26,30-34,48H,4-7,9,12-14,17-21,23-24H2,1-3H3,(H2,40,50)(H,42,51)(H,43,54)(H,44,52)(H,45,53)(H2,55,56,57)/t30-,31-,32+,33-,34+/m1/s1. The number of benzene rings is 1. The Balaban J connectivity index is 1.74. The molecule has 20 heteroatoms. The van der Waals surface area contributed by atoms with E-state index in [-0.39, 0.29) is 24.7 Å². The molecule has 0 spiro atoms. The summed E-state index contributed by atoms with van der Waals surface area (Å²) >= 11 is 0. The highest BCUT2D eigenvalue weighted by Crippen LogP contribution is 2.35. The van der Waals surface area contributed by atoms with Crippen LogP contribution in [0, 0.1) is 5.92 Å². The van der Waals surface area contributed by atoms with Crippen LogP contribution in [-0.2, 0) is 57.2 Å². The Hall–Kier alpha value is -4.68. The summed E-state index contributed by atoms with van der Waals surface area (Å²) < 4.78 is 17.3. The first-order chi connectivity index (χ1) is 28.0. The van der Waals surface area contributed by atoms with Gasteiger partial charge in [0.25, 0.3) is 0 Å². The number of hydrogen-bond donors (Lipinski definition) is 8. The number of aryl methyl sites for hydroxylation is 2. The van der Waals surface area contributed by atoms with Gasteiger partial charge >= 0.3 is 7.82 Å². The smallest absolute Gasteiger partial charge is 0.394 e. The van der Waals surface area contributed by atoms with E-state index in [1.54, 1.807) is 12.5 Å². The zero-order valence-electron chi connectivity index (χ0n) is 34.1. The Morgan fingerprint density at radius 2 is 1.49 bits per heavy atom. The molecule has 1 aliphatic rings. The number of aliphatic hydroxyl groups is 1. The SMILES string of the molecule is CC(=O)N1CCC[C@H]1C(=O)N[C@H](CC(C)C)C(=O)N[C@H](Cc1cncn1CCCCCCCCc1ccccc1)C(=O)N[C@@H](CO)C(=O)N[C@H](COP(=O)(O)O)C(N)=O. The van der Waals surface area contributed by atoms with E-state index in [0.29, 0.717) is 31.6 Å². The van der Waals surface area contributed by atoms with Crippen LogP contribution in [0.25, 0.3) is 0 Å². The van der Waals surface area contributed by atoms with Crippen LogP contribution in [0.15, 0.2) is 42.9 Å². The summed E-state index contributed by atoms with van der Waals surface area (Å²) in [6.45, 7) is 4.09. The van der Waals surface area contributed by atoms with E-state index < -0.39 is 80.8 Å². The van der Waals surface area contributed by atoms with Crippen LogP contribution in [0.1, 0.15) is 89.8 Å². The Bertz CT molecular complexity index is 1740. The highest BCUT2D eigenvalue weighted by Gasteiger charge is 2.36. The summed E-state index contributed by atoms with van der Waals surface area (Å²) in [4.78, 5) is 102. The van der Waals surface area contributed by atoms with Crippen molar-refractivity contribution in [3.05, 3.63) is 54.1 Å². The summed E-state index contributed by atoms with van der Waals surface area (Å²) in [6, 6.07) is 3.68. The quantitative estimate of drug-likeness (QED) is 0.0477. The molecule has 1 aromatic carbocycles. The molecule has 6 amide bonds. The van der Waals surface area contributed by atoms with E-state index in [0.717, 1.165) is 44.9 Å². The molecule has 5 atom stereocenters. The number of primary amides is 1. The molecule has 1 aromatic heterocycles. The number of nitrogens with one attached hydrogen (secondary N) is 4. The first-order valence-corrected chi connectivity index (χ1v) is 21.6. The van der Waals surface area contributed by atoms with Crippen molar-refractivity contribution in [3.63, 3.8) is 0 Å². The van der Waals surface area contributed by atoms with Gasteiger partial charge in [-0.3, -0.25) is 33.3 Å². The van der Waals surface area contributed by atoms with Crippen molar-refractivity contribution in [1.82, 2.24) is 35.7 Å². The topological polar surface area (TPSA) is 285 Å². The Morgan fingerprint density at radius 1 is 0.881 bits per heavy atom. The van der Waals surface area contributed by atoms with Crippen molar-refractivity contribution in [1.29, 1.82) is 0 Å². The second kappa shape index (κ2) is 24.4. The summed E-state index contributed by atoms with van der Waals surface area (Å²) in [7, 11) is -5.05. The van der Waals surface area contributed by atoms with Gasteiger partial charge in [0, 0.05) is 38.3 Å². The first-order valence-electron chi connectivity index (χ1n) is 20.1. The molecule has 1 fully saturated rings. The summed E-state index contributed by atoms with van der Waals surface area (Å²) in [5, 5.41) is 20.0. The highest BCUT2D eigenvalue weighted by atomic mass is 31.2. The third kappa shape index (κ3) is 17.2. The van der Waals surface area contributed by atoms with Crippen LogP contribution in [0.3, 0.4) is 0 Å². The van der Waals surface area contributed by atoms with E-state index in [9.17, 15) is 38.4 Å². The molecule has 0 bridgehead atoms. The number of hydrogen-bond acceptors (Lipinski definition) is 10. The molecule has 2 heterocycles. The minimum Gasteiger partial charge on any atom is -0.394 e. The second-order valence-corrected chi connectivity index (χ2v) is 16.5. The van der Waals surface area contributed by atoms with Crippen LogP contribution in [-0.4, -0.2) is 115 Å². The van der Waals surface area contributed by atoms with Crippen LogP contribution in [0.5, 0.6) is 0 Å². The third-order valence-electron chi connectivity index (χ3n) is 9.99. The molecule has 328 valence electrons. The molecule has 2 aromatic rings. The number of carbonyl (C=O) groups is 6. The van der Waals surface area contributed by atoms with Crippen LogP contribution < -0.4 is 27.0 Å². The Morgan fingerprint density at radius 3 is 2.12 bits per heavy atom. The molecule has 0 aliphatic carbocycles. The van der Waals surface area contributed by atoms with Crippen molar-refractivity contribution >= 4 is 43.3 Å². The molecule has 1 aliphatic heterocycles. The lowest BCUT2D eigenvalue weighted by Crippen LogP contribution is -2.60. The average molecular weight is 849 g/mol. The fraction of sp³-hybridized carbons (Fsp3) is 0.615. The van der Waals surface area contributed by atoms with E-state index in [1.807, 2.05) is 36.6 Å². The maximum Gasteiger partial charge on any atom is 0.469 e. The summed E-state index contributed by atoms with van der Waals surface area (Å²) in [5.74, 6) is -4.80. The minimum atomic E-state index is -5.05. The average Bonchev–Trinajstić information content (AvgIpc) is 3.86. The number of rotatable bonds is 26. The summed E-state index contributed by atoms with van der Waals surface area (Å²) in [6.07, 6.45) is 11.5. The molecule has 19 nitrogen and oxygen atoms in total. The van der Waals surface area contributed by atoms with Gasteiger partial charge in [0.05, 0.1) is 19.5 Å². The molecule has 0 saturated carbocycles. The molecule has 0 radical (unpaired) electrons. The molecular weight excluding hydrogens is 787 g/mol. The lowest BCUT2D eigenvalue weighted by molar-refractivity contribution is -0.138. The lowest BCUT2D eigenvalue weighted by Gasteiger charge is -2.28. The number of carbonyl (C=O) groups excluding carboxylic acids is 6. The van der Waals surface area contributed by atoms with Crippen molar-refractivity contribution < 1.29 is 52.7 Å².